The van der Waals surface area contributed by atoms with Crippen molar-refractivity contribution >= 4 is 34.8 Å². The van der Waals surface area contributed by atoms with Gasteiger partial charge in [-0.25, -0.2) is 4.79 Å². The molecular formula is C31H35NO12. The predicted octanol–water partition coefficient (Wildman–Crippen LogP) is 3.09. The molecule has 1 fully saturated rings. The molecule has 0 saturated carbocycles. The summed E-state index contributed by atoms with van der Waals surface area (Å²) in [7, 11) is 0. The van der Waals surface area contributed by atoms with Crippen LogP contribution in [0.15, 0.2) is 57.7 Å². The van der Waals surface area contributed by atoms with E-state index in [1.807, 2.05) is 30.3 Å². The number of carbonyl (C=O) groups is 4. The van der Waals surface area contributed by atoms with Gasteiger partial charge in [0.2, 0.25) is 12.2 Å². The molecule has 0 aliphatic carbocycles. The number of primary amides is 1. The zero-order valence-corrected chi connectivity index (χ0v) is 25.0. The minimum atomic E-state index is -1.04. The Morgan fingerprint density at radius 3 is 2.18 bits per heavy atom. The molecule has 1 amide bonds. The number of esters is 3. The fourth-order valence-electron chi connectivity index (χ4n) is 4.38. The highest BCUT2D eigenvalue weighted by atomic mass is 16.7. The molecule has 1 aliphatic rings. The van der Waals surface area contributed by atoms with Gasteiger partial charge in [0, 0.05) is 45.2 Å². The van der Waals surface area contributed by atoms with Gasteiger partial charge in [-0.1, -0.05) is 30.3 Å². The number of aryl methyl sites for hydroxylation is 1. The van der Waals surface area contributed by atoms with Gasteiger partial charge in [0.25, 0.3) is 0 Å². The number of hydrogen-bond acceptors (Lipinski definition) is 12. The Morgan fingerprint density at radius 2 is 1.57 bits per heavy atom. The highest BCUT2D eigenvalue weighted by Gasteiger charge is 2.44. The van der Waals surface area contributed by atoms with Crippen LogP contribution in [-0.2, 0) is 44.7 Å². The third-order valence-electron chi connectivity index (χ3n) is 6.07. The van der Waals surface area contributed by atoms with Crippen LogP contribution in [0.4, 0.5) is 0 Å². The summed E-state index contributed by atoms with van der Waals surface area (Å²) in [6, 6.07) is 14.0. The van der Waals surface area contributed by atoms with E-state index in [4.69, 9.17) is 32.8 Å². The van der Waals surface area contributed by atoms with Crippen molar-refractivity contribution in [3.8, 4) is 11.5 Å². The third-order valence-corrected chi connectivity index (χ3v) is 6.07. The first kappa shape index (κ1) is 33.6. The van der Waals surface area contributed by atoms with Gasteiger partial charge in [-0.2, -0.15) is 0 Å². The topological polar surface area (TPSA) is 180 Å². The summed E-state index contributed by atoms with van der Waals surface area (Å²) in [6.07, 6.45) is -4.01. The van der Waals surface area contributed by atoms with Crippen molar-refractivity contribution < 1.29 is 52.0 Å². The Balaban J connectivity index is 0.00000124. The minimum Gasteiger partial charge on any atom is -0.485 e. The number of carbonyl (C=O) groups excluding carboxylic acids is 4. The second-order valence-electron chi connectivity index (χ2n) is 9.91. The van der Waals surface area contributed by atoms with Crippen molar-refractivity contribution in [3.63, 3.8) is 0 Å². The highest BCUT2D eigenvalue weighted by molar-refractivity contribution is 5.83. The standard InChI is InChI=1S/C29H30O11.C2H5NO/c1-16-10-27(33)38-22-12-23(35-14-20-8-6-5-7-9-20)24(11-21(16)22)39-28-13-25(36-18(3)31)29(37-19(4)32)26(40-28)15-34-17(2)30;1-2(3)4/h5-12,25-26,28-29H,13-15H2,1-4H3;1H3,(H2,3,4)/t25-,26-,28-,29+;/m1./s1. The third kappa shape index (κ3) is 10.1. The van der Waals surface area contributed by atoms with E-state index in [2.05, 4.69) is 5.73 Å². The summed E-state index contributed by atoms with van der Waals surface area (Å²) >= 11 is 0. The second kappa shape index (κ2) is 15.5. The molecule has 1 aliphatic heterocycles. The van der Waals surface area contributed by atoms with Crippen LogP contribution in [0.2, 0.25) is 0 Å². The first-order chi connectivity index (χ1) is 20.8. The van der Waals surface area contributed by atoms with Gasteiger partial charge in [-0.15, -0.1) is 0 Å². The molecule has 4 atom stereocenters. The molecule has 0 bridgehead atoms. The van der Waals surface area contributed by atoms with Gasteiger partial charge in [-0.3, -0.25) is 19.2 Å². The largest absolute Gasteiger partial charge is 0.485 e. The van der Waals surface area contributed by atoms with Gasteiger partial charge in [0.05, 0.1) is 6.42 Å². The first-order valence-corrected chi connectivity index (χ1v) is 13.6. The van der Waals surface area contributed by atoms with Crippen LogP contribution in [0, 0.1) is 6.92 Å². The van der Waals surface area contributed by atoms with Crippen LogP contribution in [0.1, 0.15) is 45.2 Å². The van der Waals surface area contributed by atoms with Crippen molar-refractivity contribution in [2.24, 2.45) is 5.73 Å². The molecule has 0 radical (unpaired) electrons. The molecule has 0 unspecified atom stereocenters. The Hall–Kier alpha value is -4.91. The number of ether oxygens (including phenoxy) is 6. The van der Waals surface area contributed by atoms with Crippen LogP contribution in [0.25, 0.3) is 11.0 Å². The maximum Gasteiger partial charge on any atom is 0.336 e. The Morgan fingerprint density at radius 1 is 0.909 bits per heavy atom. The number of rotatable bonds is 9. The molecule has 2 heterocycles. The van der Waals surface area contributed by atoms with Gasteiger partial charge in [0.15, 0.2) is 17.6 Å². The van der Waals surface area contributed by atoms with Crippen molar-refractivity contribution in [1.82, 2.24) is 0 Å². The molecular weight excluding hydrogens is 578 g/mol. The number of amides is 1. The lowest BCUT2D eigenvalue weighted by molar-refractivity contribution is -0.246. The van der Waals surface area contributed by atoms with E-state index < -0.39 is 48.1 Å². The molecule has 0 spiro atoms. The number of fused-ring (bicyclic) bond motifs is 1. The summed E-state index contributed by atoms with van der Waals surface area (Å²) in [4.78, 5) is 56.4. The molecule has 13 nitrogen and oxygen atoms in total. The number of nitrogens with two attached hydrogens (primary N) is 1. The monoisotopic (exact) mass is 613 g/mol. The summed E-state index contributed by atoms with van der Waals surface area (Å²) in [6.45, 7) is 6.66. The van der Waals surface area contributed by atoms with Gasteiger partial charge in [0.1, 0.15) is 31.0 Å². The van der Waals surface area contributed by atoms with E-state index in [0.717, 1.165) is 5.56 Å². The fraction of sp³-hybridized carbons (Fsp3) is 0.387. The SMILES string of the molecule is CC(=O)OC[C@H]1O[C@@H](Oc2cc3c(C)cc(=O)oc3cc2OCc2ccccc2)C[C@@H](OC(C)=O)[C@@H]1OC(C)=O.CC(N)=O. The highest BCUT2D eigenvalue weighted by Crippen LogP contribution is 2.37. The Bertz CT molecular complexity index is 1530. The van der Waals surface area contributed by atoms with Crippen LogP contribution >= 0.6 is 0 Å². The van der Waals surface area contributed by atoms with E-state index in [1.54, 1.807) is 19.1 Å². The van der Waals surface area contributed by atoms with E-state index >= 15 is 0 Å². The molecule has 3 aromatic rings. The van der Waals surface area contributed by atoms with Gasteiger partial charge >= 0.3 is 23.5 Å². The normalized spacial score (nSPS) is 19.1. The average Bonchev–Trinajstić information content (AvgIpc) is 2.92. The molecule has 44 heavy (non-hydrogen) atoms. The van der Waals surface area contributed by atoms with Crippen LogP contribution in [0.3, 0.4) is 0 Å². The summed E-state index contributed by atoms with van der Waals surface area (Å²) in [5, 5.41) is 0.614. The number of benzene rings is 2. The average molecular weight is 614 g/mol. The van der Waals surface area contributed by atoms with Crippen molar-refractivity contribution in [1.29, 1.82) is 0 Å². The van der Waals surface area contributed by atoms with Crippen LogP contribution < -0.4 is 20.8 Å². The smallest absolute Gasteiger partial charge is 0.336 e. The van der Waals surface area contributed by atoms with Crippen molar-refractivity contribution in [3.05, 3.63) is 70.1 Å². The zero-order valence-electron chi connectivity index (χ0n) is 25.0. The fourth-order valence-corrected chi connectivity index (χ4v) is 4.38. The predicted molar refractivity (Wildman–Crippen MR) is 155 cm³/mol. The van der Waals surface area contributed by atoms with E-state index in [1.165, 1.54) is 33.8 Å². The molecule has 1 saturated heterocycles. The molecule has 2 N–H and O–H groups in total. The quantitative estimate of drug-likeness (QED) is 0.212. The molecule has 2 aromatic carbocycles. The van der Waals surface area contributed by atoms with Gasteiger partial charge < -0.3 is 38.6 Å². The summed E-state index contributed by atoms with van der Waals surface area (Å²) in [5.74, 6) is -1.58. The first-order valence-electron chi connectivity index (χ1n) is 13.6. The Labute approximate surface area is 253 Å². The minimum absolute atomic E-state index is 0.00683. The Kier molecular flexibility index (Phi) is 11.9. The van der Waals surface area contributed by atoms with E-state index in [0.29, 0.717) is 16.5 Å². The molecule has 236 valence electrons. The molecule has 4 rings (SSSR count). The van der Waals surface area contributed by atoms with E-state index in [9.17, 15) is 24.0 Å². The second-order valence-corrected chi connectivity index (χ2v) is 9.91. The lowest BCUT2D eigenvalue weighted by Gasteiger charge is -2.40. The maximum atomic E-state index is 12.0. The van der Waals surface area contributed by atoms with Crippen LogP contribution in [-0.4, -0.2) is 55.0 Å². The number of hydrogen-bond donors (Lipinski definition) is 1. The zero-order chi connectivity index (χ0) is 32.4. The lowest BCUT2D eigenvalue weighted by Crippen LogP contribution is -2.54. The van der Waals surface area contributed by atoms with Crippen molar-refractivity contribution in [2.45, 2.75) is 72.2 Å². The van der Waals surface area contributed by atoms with Gasteiger partial charge in [-0.05, 0) is 24.1 Å². The van der Waals surface area contributed by atoms with Crippen molar-refractivity contribution in [2.75, 3.05) is 6.61 Å². The summed E-state index contributed by atoms with van der Waals surface area (Å²) < 4.78 is 39.7. The van der Waals surface area contributed by atoms with Crippen LogP contribution in [0.5, 0.6) is 11.5 Å². The molecule has 1 aromatic heterocycles. The molecule has 13 heteroatoms. The van der Waals surface area contributed by atoms with E-state index in [-0.39, 0.29) is 37.0 Å². The lowest BCUT2D eigenvalue weighted by atomic mass is 10.0. The maximum absolute atomic E-state index is 12.0. The summed E-state index contributed by atoms with van der Waals surface area (Å²) in [5.41, 5.74) is 5.84.